The number of H-pyrrole nitrogens is 1. The number of aromatic amines is 1. The first-order valence-corrected chi connectivity index (χ1v) is 10.3. The van der Waals surface area contributed by atoms with Gasteiger partial charge in [-0.3, -0.25) is 9.59 Å². The Balaban J connectivity index is 1.64. The van der Waals surface area contributed by atoms with Gasteiger partial charge in [-0.15, -0.1) is 5.10 Å². The van der Waals surface area contributed by atoms with Crippen LogP contribution in [0.1, 0.15) is 49.9 Å². The van der Waals surface area contributed by atoms with E-state index in [1.54, 1.807) is 10.7 Å². The first-order valence-electron chi connectivity index (χ1n) is 9.90. The molecule has 1 fully saturated rings. The molecule has 1 aliphatic heterocycles. The highest BCUT2D eigenvalue weighted by Gasteiger charge is 2.27. The number of hydrogen-bond donors (Lipinski definition) is 1. The van der Waals surface area contributed by atoms with Crippen molar-refractivity contribution in [1.82, 2.24) is 29.9 Å². The molecule has 2 aromatic heterocycles. The molecule has 1 amide bonds. The Morgan fingerprint density at radius 3 is 3.03 bits per heavy atom. The molecule has 1 saturated heterocycles. The second-order valence-electron chi connectivity index (χ2n) is 7.43. The fourth-order valence-electron chi connectivity index (χ4n) is 3.79. The van der Waals surface area contributed by atoms with E-state index in [1.807, 2.05) is 30.0 Å². The molecule has 0 radical (unpaired) electrons. The van der Waals surface area contributed by atoms with Crippen LogP contribution < -0.4 is 5.56 Å². The minimum Gasteiger partial charge on any atom is -0.342 e. The molecule has 3 aromatic rings. The monoisotopic (exact) mass is 414 g/mol. The van der Waals surface area contributed by atoms with Crippen molar-refractivity contribution in [2.45, 2.75) is 45.1 Å². The minimum atomic E-state index is -0.306. The number of piperidine rings is 1. The number of hydrogen-bond acceptors (Lipinski definition) is 5. The molecular formula is C20H23ClN6O2. The summed E-state index contributed by atoms with van der Waals surface area (Å²) in [7, 11) is 0. The third kappa shape index (κ3) is 4.17. The van der Waals surface area contributed by atoms with Gasteiger partial charge in [0.2, 0.25) is 5.91 Å². The highest BCUT2D eigenvalue weighted by Crippen LogP contribution is 2.25. The average Bonchev–Trinajstić information content (AvgIpc) is 3.11. The number of carbonyl (C=O) groups excluding carboxylic acids is 1. The molecule has 0 bridgehead atoms. The van der Waals surface area contributed by atoms with E-state index in [9.17, 15) is 9.59 Å². The number of benzene rings is 1. The summed E-state index contributed by atoms with van der Waals surface area (Å²) in [5.74, 6) is 0.746. The van der Waals surface area contributed by atoms with Gasteiger partial charge < -0.3 is 9.88 Å². The predicted molar refractivity (Wildman–Crippen MR) is 110 cm³/mol. The summed E-state index contributed by atoms with van der Waals surface area (Å²) in [6.07, 6.45) is 3.14. The number of rotatable bonds is 5. The van der Waals surface area contributed by atoms with Crippen LogP contribution in [0, 0.1) is 0 Å². The Kier molecular flexibility index (Phi) is 5.62. The van der Waals surface area contributed by atoms with Crippen LogP contribution >= 0.6 is 11.6 Å². The van der Waals surface area contributed by atoms with Gasteiger partial charge >= 0.3 is 0 Å². The molecular weight excluding hydrogens is 392 g/mol. The molecule has 8 nitrogen and oxygen atoms in total. The van der Waals surface area contributed by atoms with Gasteiger partial charge in [-0.05, 0) is 37.0 Å². The summed E-state index contributed by atoms with van der Waals surface area (Å²) >= 11 is 6.07. The van der Waals surface area contributed by atoms with Crippen molar-refractivity contribution < 1.29 is 4.79 Å². The zero-order chi connectivity index (χ0) is 20.4. The molecule has 4 rings (SSSR count). The maximum Gasteiger partial charge on any atom is 0.281 e. The molecule has 0 unspecified atom stereocenters. The number of likely N-dealkylation sites (tertiary alicyclic amines) is 1. The summed E-state index contributed by atoms with van der Waals surface area (Å²) in [4.78, 5) is 34.3. The van der Waals surface area contributed by atoms with E-state index in [2.05, 4.69) is 20.3 Å². The fourth-order valence-corrected chi connectivity index (χ4v) is 4.00. The number of fused-ring (bicyclic) bond motifs is 1. The minimum absolute atomic E-state index is 0.00354. The van der Waals surface area contributed by atoms with E-state index in [1.165, 1.54) is 0 Å². The van der Waals surface area contributed by atoms with Crippen molar-refractivity contribution in [3.63, 3.8) is 0 Å². The van der Waals surface area contributed by atoms with Crippen molar-refractivity contribution in [3.05, 3.63) is 51.0 Å². The third-order valence-electron chi connectivity index (χ3n) is 5.24. The van der Waals surface area contributed by atoms with Crippen LogP contribution in [-0.2, 0) is 11.3 Å². The maximum absolute atomic E-state index is 12.6. The fraction of sp³-hybridized carbons (Fsp3) is 0.450. The average molecular weight is 415 g/mol. The number of carbonyl (C=O) groups is 1. The van der Waals surface area contributed by atoms with Crippen LogP contribution in [0.2, 0.25) is 5.02 Å². The largest absolute Gasteiger partial charge is 0.342 e. The molecule has 29 heavy (non-hydrogen) atoms. The molecule has 152 valence electrons. The van der Waals surface area contributed by atoms with E-state index < -0.39 is 0 Å². The van der Waals surface area contributed by atoms with Gasteiger partial charge in [0.15, 0.2) is 11.2 Å². The highest BCUT2D eigenvalue weighted by atomic mass is 35.5. The van der Waals surface area contributed by atoms with Crippen molar-refractivity contribution in [3.8, 4) is 0 Å². The Morgan fingerprint density at radius 1 is 1.38 bits per heavy atom. The molecule has 0 saturated carbocycles. The standard InChI is InChI=1S/C20H23ClN6O2/c1-2-5-16(28)26-9-4-7-14(12-26)18-22-19-17(20(29)23-18)24-25-27(19)11-13-6-3-8-15(21)10-13/h3,6,8,10,14H,2,4-5,7,9,11-12H2,1H3,(H,22,23,29)/t14-/m1/s1. The van der Waals surface area contributed by atoms with E-state index in [0.29, 0.717) is 36.0 Å². The van der Waals surface area contributed by atoms with Crippen molar-refractivity contribution in [2.75, 3.05) is 13.1 Å². The van der Waals surface area contributed by atoms with Crippen LogP contribution in [0.25, 0.3) is 11.2 Å². The Morgan fingerprint density at radius 2 is 2.24 bits per heavy atom. The molecule has 3 heterocycles. The van der Waals surface area contributed by atoms with Gasteiger partial charge in [-0.25, -0.2) is 9.67 Å². The number of amides is 1. The van der Waals surface area contributed by atoms with Crippen LogP contribution in [0.5, 0.6) is 0 Å². The molecule has 0 aliphatic carbocycles. The smallest absolute Gasteiger partial charge is 0.281 e. The van der Waals surface area contributed by atoms with E-state index in [0.717, 1.165) is 31.4 Å². The number of aromatic nitrogens is 5. The van der Waals surface area contributed by atoms with E-state index in [-0.39, 0.29) is 22.9 Å². The second-order valence-corrected chi connectivity index (χ2v) is 7.87. The zero-order valence-corrected chi connectivity index (χ0v) is 17.0. The maximum atomic E-state index is 12.6. The number of nitrogens with one attached hydrogen (secondary N) is 1. The Hall–Kier alpha value is -2.74. The van der Waals surface area contributed by atoms with Gasteiger partial charge in [-0.1, -0.05) is 35.9 Å². The summed E-state index contributed by atoms with van der Waals surface area (Å²) in [5, 5.41) is 8.75. The molecule has 1 atom stereocenters. The molecule has 0 spiro atoms. The lowest BCUT2D eigenvalue weighted by Gasteiger charge is -2.32. The van der Waals surface area contributed by atoms with E-state index in [4.69, 9.17) is 11.6 Å². The van der Waals surface area contributed by atoms with Crippen molar-refractivity contribution in [1.29, 1.82) is 0 Å². The third-order valence-corrected chi connectivity index (χ3v) is 5.47. The van der Waals surface area contributed by atoms with Gasteiger partial charge in [-0.2, -0.15) is 0 Å². The summed E-state index contributed by atoms with van der Waals surface area (Å²) in [5.41, 5.74) is 1.30. The van der Waals surface area contributed by atoms with Crippen molar-refractivity contribution >= 4 is 28.7 Å². The lowest BCUT2D eigenvalue weighted by atomic mass is 9.96. The topological polar surface area (TPSA) is 96.8 Å². The molecule has 1 N–H and O–H groups in total. The highest BCUT2D eigenvalue weighted by molar-refractivity contribution is 6.30. The Labute approximate surface area is 172 Å². The molecule has 9 heteroatoms. The number of halogens is 1. The van der Waals surface area contributed by atoms with Crippen LogP contribution in [0.4, 0.5) is 0 Å². The predicted octanol–water partition coefficient (Wildman–Crippen LogP) is 2.72. The Bertz CT molecular complexity index is 1090. The second kappa shape index (κ2) is 8.32. The van der Waals surface area contributed by atoms with Gasteiger partial charge in [0.25, 0.3) is 5.56 Å². The lowest BCUT2D eigenvalue weighted by molar-refractivity contribution is -0.132. The van der Waals surface area contributed by atoms with Gasteiger partial charge in [0.1, 0.15) is 5.82 Å². The lowest BCUT2D eigenvalue weighted by Crippen LogP contribution is -2.39. The zero-order valence-electron chi connectivity index (χ0n) is 16.3. The summed E-state index contributed by atoms with van der Waals surface area (Å²) < 4.78 is 1.61. The van der Waals surface area contributed by atoms with Crippen molar-refractivity contribution in [2.24, 2.45) is 0 Å². The van der Waals surface area contributed by atoms with Crippen LogP contribution in [0.3, 0.4) is 0 Å². The first-order chi connectivity index (χ1) is 14.0. The summed E-state index contributed by atoms with van der Waals surface area (Å²) in [6, 6.07) is 7.46. The summed E-state index contributed by atoms with van der Waals surface area (Å²) in [6.45, 7) is 3.75. The molecule has 1 aromatic carbocycles. The van der Waals surface area contributed by atoms with E-state index >= 15 is 0 Å². The first kappa shape index (κ1) is 19.6. The molecule has 1 aliphatic rings. The van der Waals surface area contributed by atoms with Crippen LogP contribution in [0.15, 0.2) is 29.1 Å². The quantitative estimate of drug-likeness (QED) is 0.692. The van der Waals surface area contributed by atoms with Gasteiger partial charge in [0, 0.05) is 30.5 Å². The SMILES string of the molecule is CCCC(=O)N1CCC[C@@H](c2nc3c(nnn3Cc3cccc(Cl)c3)c(=O)[nH]2)C1. The normalized spacial score (nSPS) is 17.0. The van der Waals surface area contributed by atoms with Crippen LogP contribution in [-0.4, -0.2) is 48.9 Å². The number of nitrogens with zero attached hydrogens (tertiary/aromatic N) is 5. The van der Waals surface area contributed by atoms with Gasteiger partial charge in [0.05, 0.1) is 6.54 Å².